The molecule has 0 unspecified atom stereocenters. The van der Waals surface area contributed by atoms with Crippen molar-refractivity contribution < 1.29 is 9.59 Å². The Kier molecular flexibility index (Phi) is 7.14. The average molecular weight is 462 g/mol. The minimum Gasteiger partial charge on any atom is -0.377 e. The Bertz CT molecular complexity index is 1090. The lowest BCUT2D eigenvalue weighted by molar-refractivity contribution is -0.122. The largest absolute Gasteiger partial charge is 0.377 e. The third-order valence-electron chi connectivity index (χ3n) is 6.39. The monoisotopic (exact) mass is 461 g/mol. The van der Waals surface area contributed by atoms with E-state index in [-0.39, 0.29) is 23.8 Å². The van der Waals surface area contributed by atoms with Crippen LogP contribution in [-0.2, 0) is 11.3 Å². The van der Waals surface area contributed by atoms with Gasteiger partial charge in [0.25, 0.3) is 5.91 Å². The highest BCUT2D eigenvalue weighted by atomic mass is 32.1. The Morgan fingerprint density at radius 3 is 2.42 bits per heavy atom. The maximum Gasteiger partial charge on any atom is 0.264 e. The second kappa shape index (κ2) is 10.2. The van der Waals surface area contributed by atoms with Crippen molar-refractivity contribution >= 4 is 34.5 Å². The third kappa shape index (κ3) is 5.28. The van der Waals surface area contributed by atoms with Crippen LogP contribution in [0.15, 0.2) is 66.0 Å². The van der Waals surface area contributed by atoms with Crippen molar-refractivity contribution in [3.8, 4) is 0 Å². The lowest BCUT2D eigenvalue weighted by Gasteiger charge is -2.31. The number of hydrogen-bond acceptors (Lipinski definition) is 4. The zero-order chi connectivity index (χ0) is 23.4. The number of benzene rings is 2. The highest BCUT2D eigenvalue weighted by molar-refractivity contribution is 7.12. The number of nitrogens with zero attached hydrogens (tertiary/aromatic N) is 2. The van der Waals surface area contributed by atoms with Crippen LogP contribution in [0.3, 0.4) is 0 Å². The Balaban J connectivity index is 1.66. The van der Waals surface area contributed by atoms with Crippen molar-refractivity contribution in [2.24, 2.45) is 5.92 Å². The molecule has 1 N–H and O–H groups in total. The van der Waals surface area contributed by atoms with Gasteiger partial charge in [0.1, 0.15) is 0 Å². The fourth-order valence-corrected chi connectivity index (χ4v) is 4.84. The van der Waals surface area contributed by atoms with E-state index in [0.717, 1.165) is 46.6 Å². The van der Waals surface area contributed by atoms with Gasteiger partial charge in [-0.15, -0.1) is 11.3 Å². The number of thiophene rings is 1. The number of hydrogen-bond donors (Lipinski definition) is 1. The number of nitrogens with one attached hydrogen (secondary N) is 1. The zero-order valence-corrected chi connectivity index (χ0v) is 20.3. The summed E-state index contributed by atoms with van der Waals surface area (Å²) in [6.45, 7) is 2.51. The molecule has 1 saturated carbocycles. The van der Waals surface area contributed by atoms with Crippen molar-refractivity contribution in [1.29, 1.82) is 0 Å². The van der Waals surface area contributed by atoms with Crippen LogP contribution in [0.2, 0.25) is 0 Å². The third-order valence-corrected chi connectivity index (χ3v) is 7.25. The first-order valence-electron chi connectivity index (χ1n) is 11.4. The molecule has 1 aliphatic rings. The fraction of sp³-hybridized carbons (Fsp3) is 0.333. The molecule has 2 amide bonds. The van der Waals surface area contributed by atoms with Gasteiger partial charge in [0.05, 0.1) is 10.9 Å². The van der Waals surface area contributed by atoms with E-state index in [1.807, 2.05) is 77.8 Å². The Labute approximate surface area is 200 Å². The van der Waals surface area contributed by atoms with Gasteiger partial charge in [-0.25, -0.2) is 0 Å². The molecule has 3 aromatic rings. The maximum absolute atomic E-state index is 13.6. The second-order valence-electron chi connectivity index (χ2n) is 8.85. The van der Waals surface area contributed by atoms with Crippen molar-refractivity contribution in [1.82, 2.24) is 4.90 Å². The molecule has 0 saturated heterocycles. The van der Waals surface area contributed by atoms with Crippen LogP contribution in [0.1, 0.15) is 53.0 Å². The number of rotatable bonds is 8. The summed E-state index contributed by atoms with van der Waals surface area (Å²) in [5, 5.41) is 5.01. The molecule has 2 aromatic carbocycles. The quantitative estimate of drug-likeness (QED) is 0.451. The minimum atomic E-state index is -0.107. The summed E-state index contributed by atoms with van der Waals surface area (Å²) in [6.07, 6.45) is 3.05. The van der Waals surface area contributed by atoms with Crippen LogP contribution >= 0.6 is 11.3 Å². The van der Waals surface area contributed by atoms with Gasteiger partial charge in [-0.2, -0.15) is 0 Å². The van der Waals surface area contributed by atoms with Gasteiger partial charge in [-0.05, 0) is 60.5 Å². The summed E-state index contributed by atoms with van der Waals surface area (Å²) in [5.41, 5.74) is 3.90. The highest BCUT2D eigenvalue weighted by Crippen LogP contribution is 2.32. The van der Waals surface area contributed by atoms with E-state index in [2.05, 4.69) is 24.4 Å². The molecule has 0 aliphatic heterocycles. The molecule has 6 heteroatoms. The molecule has 1 fully saturated rings. The van der Waals surface area contributed by atoms with Crippen molar-refractivity contribution in [3.63, 3.8) is 0 Å². The molecule has 0 radical (unpaired) electrons. The number of carbonyl (C=O) groups excluding carboxylic acids is 2. The molecule has 4 rings (SSSR count). The number of carbonyl (C=O) groups is 2. The Morgan fingerprint density at radius 2 is 1.82 bits per heavy atom. The van der Waals surface area contributed by atoms with Crippen LogP contribution in [-0.4, -0.2) is 30.8 Å². The lowest BCUT2D eigenvalue weighted by atomic mass is 9.85. The second-order valence-corrected chi connectivity index (χ2v) is 9.80. The Morgan fingerprint density at radius 1 is 1.06 bits per heavy atom. The molecule has 5 nitrogen and oxygen atoms in total. The van der Waals surface area contributed by atoms with E-state index >= 15 is 0 Å². The van der Waals surface area contributed by atoms with Crippen LogP contribution < -0.4 is 10.2 Å². The van der Waals surface area contributed by atoms with Crippen LogP contribution in [0, 0.1) is 5.92 Å². The predicted molar refractivity (Wildman–Crippen MR) is 136 cm³/mol. The van der Waals surface area contributed by atoms with Crippen LogP contribution in [0.5, 0.6) is 0 Å². The minimum absolute atomic E-state index is 0.00923. The molecule has 33 heavy (non-hydrogen) atoms. The van der Waals surface area contributed by atoms with E-state index in [0.29, 0.717) is 6.54 Å². The van der Waals surface area contributed by atoms with E-state index in [4.69, 9.17) is 0 Å². The molecular weight excluding hydrogens is 430 g/mol. The summed E-state index contributed by atoms with van der Waals surface area (Å²) >= 11 is 1.46. The van der Waals surface area contributed by atoms with E-state index < -0.39 is 0 Å². The summed E-state index contributed by atoms with van der Waals surface area (Å²) in [5.74, 6) is 0.223. The van der Waals surface area contributed by atoms with Gasteiger partial charge in [-0.1, -0.05) is 42.8 Å². The van der Waals surface area contributed by atoms with Crippen molar-refractivity contribution in [2.45, 2.75) is 38.8 Å². The molecule has 0 spiro atoms. The molecule has 1 aromatic heterocycles. The summed E-state index contributed by atoms with van der Waals surface area (Å²) in [7, 11) is 4.00. The van der Waals surface area contributed by atoms with Gasteiger partial charge in [0, 0.05) is 37.9 Å². The molecule has 1 atom stereocenters. The molecule has 1 heterocycles. The smallest absolute Gasteiger partial charge is 0.264 e. The van der Waals surface area contributed by atoms with E-state index in [1.165, 1.54) is 11.3 Å². The van der Waals surface area contributed by atoms with E-state index in [9.17, 15) is 9.59 Å². The zero-order valence-electron chi connectivity index (χ0n) is 19.5. The first-order chi connectivity index (χ1) is 15.9. The summed E-state index contributed by atoms with van der Waals surface area (Å²) < 4.78 is 0. The first kappa shape index (κ1) is 23.1. The fourth-order valence-electron chi connectivity index (χ4n) is 4.16. The van der Waals surface area contributed by atoms with Gasteiger partial charge in [-0.3, -0.25) is 9.59 Å². The SMILES string of the molecule is C[C@H](c1ccccc1)N(Cc1cc(NC(=O)C2CCC2)ccc1N(C)C)C(=O)c1cccs1. The normalized spacial score (nSPS) is 14.3. The number of anilines is 2. The van der Waals surface area contributed by atoms with Crippen LogP contribution in [0.4, 0.5) is 11.4 Å². The molecular formula is C27H31N3O2S. The maximum atomic E-state index is 13.6. The Hall–Kier alpha value is -3.12. The first-order valence-corrected chi connectivity index (χ1v) is 12.3. The molecule has 172 valence electrons. The lowest BCUT2D eigenvalue weighted by Crippen LogP contribution is -2.33. The number of amides is 2. The molecule has 1 aliphatic carbocycles. The van der Waals surface area contributed by atoms with Crippen LogP contribution in [0.25, 0.3) is 0 Å². The van der Waals surface area contributed by atoms with Crippen molar-refractivity contribution in [3.05, 3.63) is 82.0 Å². The van der Waals surface area contributed by atoms with Crippen molar-refractivity contribution in [2.75, 3.05) is 24.3 Å². The van der Waals surface area contributed by atoms with Gasteiger partial charge >= 0.3 is 0 Å². The van der Waals surface area contributed by atoms with Gasteiger partial charge in [0.15, 0.2) is 0 Å². The van der Waals surface area contributed by atoms with Gasteiger partial charge in [0.2, 0.25) is 5.91 Å². The standard InChI is InChI=1S/C27H31N3O2S/c1-19(20-9-5-4-6-10-20)30(27(32)25-13-8-16-33-25)18-22-17-23(14-15-24(22)29(2)3)28-26(31)21-11-7-12-21/h4-6,8-10,13-17,19,21H,7,11-12,18H2,1-3H3,(H,28,31)/t19-/m1/s1. The summed E-state index contributed by atoms with van der Waals surface area (Å²) in [4.78, 5) is 30.8. The summed E-state index contributed by atoms with van der Waals surface area (Å²) in [6, 6.07) is 19.8. The topological polar surface area (TPSA) is 52.7 Å². The molecule has 0 bridgehead atoms. The highest BCUT2D eigenvalue weighted by Gasteiger charge is 2.27. The van der Waals surface area contributed by atoms with Gasteiger partial charge < -0.3 is 15.1 Å². The van der Waals surface area contributed by atoms with E-state index in [1.54, 1.807) is 0 Å². The average Bonchev–Trinajstić information content (AvgIpc) is 3.31. The predicted octanol–water partition coefficient (Wildman–Crippen LogP) is 5.96.